The van der Waals surface area contributed by atoms with Crippen LogP contribution in [0.4, 0.5) is 27.8 Å². The van der Waals surface area contributed by atoms with Gasteiger partial charge in [0.25, 0.3) is 0 Å². The molecule has 6 nitrogen and oxygen atoms in total. The Kier molecular flexibility index (Phi) is 7.20. The van der Waals surface area contributed by atoms with Crippen LogP contribution < -0.4 is 14.8 Å². The Hall–Kier alpha value is -3.21. The maximum atomic E-state index is 14.8. The first-order valence-corrected chi connectivity index (χ1v) is 11.8. The number of aryl methyl sites for hydroxylation is 1. The zero-order valence-electron chi connectivity index (χ0n) is 21.1. The maximum Gasteiger partial charge on any atom is 0.419 e. The van der Waals surface area contributed by atoms with Gasteiger partial charge in [0.15, 0.2) is 11.5 Å². The average Bonchev–Trinajstić information content (AvgIpc) is 3.35. The summed E-state index contributed by atoms with van der Waals surface area (Å²) in [4.78, 5) is 8.80. The standard InChI is InChI=1S/C26H28F5N3O3/c1-13(16-9-15(27)10-18(23(16)28)26(29,30)31)32-24-17-11-21(37-25(3,4)22-7-6-8-36-22)20(35-5)12-19(17)33-14(2)34-24/h9-13,22H,6-8H2,1-5H3,(H,32,33,34)/t13-,22?/m1/s1. The number of nitrogens with one attached hydrogen (secondary N) is 1. The van der Waals surface area contributed by atoms with E-state index in [1.54, 1.807) is 19.1 Å². The van der Waals surface area contributed by atoms with Crippen molar-refractivity contribution < 1.29 is 36.2 Å². The lowest BCUT2D eigenvalue weighted by atomic mass is 9.98. The molecule has 2 atom stereocenters. The van der Waals surface area contributed by atoms with Gasteiger partial charge in [-0.25, -0.2) is 18.7 Å². The first-order valence-electron chi connectivity index (χ1n) is 11.8. The van der Waals surface area contributed by atoms with Crippen molar-refractivity contribution in [3.05, 3.63) is 52.9 Å². The van der Waals surface area contributed by atoms with Crippen molar-refractivity contribution in [1.82, 2.24) is 9.97 Å². The summed E-state index contributed by atoms with van der Waals surface area (Å²) in [6.07, 6.45) is -3.40. The van der Waals surface area contributed by atoms with Crippen LogP contribution in [0, 0.1) is 18.6 Å². The van der Waals surface area contributed by atoms with Crippen molar-refractivity contribution in [3.8, 4) is 11.5 Å². The number of hydrogen-bond acceptors (Lipinski definition) is 6. The van der Waals surface area contributed by atoms with Gasteiger partial charge in [-0.05, 0) is 58.7 Å². The fourth-order valence-corrected chi connectivity index (χ4v) is 4.49. The van der Waals surface area contributed by atoms with E-state index in [-0.39, 0.29) is 18.0 Å². The van der Waals surface area contributed by atoms with Crippen molar-refractivity contribution in [2.75, 3.05) is 19.0 Å². The minimum Gasteiger partial charge on any atom is -0.493 e. The molecule has 4 rings (SSSR count). The van der Waals surface area contributed by atoms with E-state index in [1.165, 1.54) is 14.0 Å². The lowest BCUT2D eigenvalue weighted by Crippen LogP contribution is -2.41. The monoisotopic (exact) mass is 525 g/mol. The van der Waals surface area contributed by atoms with Crippen LogP contribution in [-0.2, 0) is 10.9 Å². The van der Waals surface area contributed by atoms with E-state index < -0.39 is 40.6 Å². The third-order valence-electron chi connectivity index (χ3n) is 6.36. The lowest BCUT2D eigenvalue weighted by molar-refractivity contribution is -0.140. The molecular formula is C26H28F5N3O3. The number of rotatable bonds is 7. The molecule has 0 saturated carbocycles. The lowest BCUT2D eigenvalue weighted by Gasteiger charge is -2.32. The molecule has 1 saturated heterocycles. The van der Waals surface area contributed by atoms with Crippen molar-refractivity contribution in [1.29, 1.82) is 0 Å². The molecular weight excluding hydrogens is 497 g/mol. The fraction of sp³-hybridized carbons (Fsp3) is 0.462. The van der Waals surface area contributed by atoms with Crippen LogP contribution in [0.5, 0.6) is 11.5 Å². The summed E-state index contributed by atoms with van der Waals surface area (Å²) in [5, 5.41) is 3.39. The Morgan fingerprint density at radius 1 is 1.08 bits per heavy atom. The van der Waals surface area contributed by atoms with E-state index in [9.17, 15) is 22.0 Å². The highest BCUT2D eigenvalue weighted by Crippen LogP contribution is 2.40. The predicted octanol–water partition coefficient (Wildman–Crippen LogP) is 6.75. The van der Waals surface area contributed by atoms with Crippen LogP contribution in [0.2, 0.25) is 0 Å². The summed E-state index contributed by atoms with van der Waals surface area (Å²) in [6, 6.07) is 3.12. The molecule has 1 N–H and O–H groups in total. The van der Waals surface area contributed by atoms with E-state index in [4.69, 9.17) is 14.2 Å². The van der Waals surface area contributed by atoms with Crippen molar-refractivity contribution in [2.45, 2.75) is 64.5 Å². The third-order valence-corrected chi connectivity index (χ3v) is 6.36. The maximum absolute atomic E-state index is 14.8. The summed E-state index contributed by atoms with van der Waals surface area (Å²) in [5.74, 6) is -1.37. The Bertz CT molecular complexity index is 1310. The average molecular weight is 526 g/mol. The van der Waals surface area contributed by atoms with Crippen LogP contribution in [0.1, 0.15) is 56.6 Å². The van der Waals surface area contributed by atoms with Crippen LogP contribution in [0.25, 0.3) is 10.9 Å². The van der Waals surface area contributed by atoms with Gasteiger partial charge in [0, 0.05) is 23.6 Å². The first-order chi connectivity index (χ1) is 17.3. The highest BCUT2D eigenvalue weighted by molar-refractivity contribution is 5.92. The fourth-order valence-electron chi connectivity index (χ4n) is 4.49. The minimum absolute atomic E-state index is 0.126. The number of halogens is 5. The Balaban J connectivity index is 1.75. The largest absolute Gasteiger partial charge is 0.493 e. The Morgan fingerprint density at radius 3 is 2.43 bits per heavy atom. The van der Waals surface area contributed by atoms with Gasteiger partial charge in [-0.1, -0.05) is 0 Å². The molecule has 0 spiro atoms. The topological polar surface area (TPSA) is 65.5 Å². The molecule has 0 bridgehead atoms. The molecule has 1 unspecified atom stereocenters. The molecule has 1 aliphatic rings. The smallest absolute Gasteiger partial charge is 0.419 e. The van der Waals surface area contributed by atoms with Crippen molar-refractivity contribution >= 4 is 16.7 Å². The number of nitrogens with zero attached hydrogens (tertiary/aromatic N) is 2. The Morgan fingerprint density at radius 2 is 1.81 bits per heavy atom. The zero-order valence-corrected chi connectivity index (χ0v) is 21.1. The summed E-state index contributed by atoms with van der Waals surface area (Å²) in [5.41, 5.74) is -2.38. The number of aromatic nitrogens is 2. The van der Waals surface area contributed by atoms with Gasteiger partial charge in [0.05, 0.1) is 30.3 Å². The van der Waals surface area contributed by atoms with Crippen LogP contribution in [0.3, 0.4) is 0 Å². The van der Waals surface area contributed by atoms with Crippen molar-refractivity contribution in [2.24, 2.45) is 0 Å². The van der Waals surface area contributed by atoms with Gasteiger partial charge in [0.2, 0.25) is 0 Å². The first kappa shape index (κ1) is 26.8. The van der Waals surface area contributed by atoms with E-state index in [2.05, 4.69) is 15.3 Å². The highest BCUT2D eigenvalue weighted by Gasteiger charge is 2.37. The van der Waals surface area contributed by atoms with Crippen LogP contribution >= 0.6 is 0 Å². The molecule has 200 valence electrons. The number of ether oxygens (including phenoxy) is 3. The summed E-state index contributed by atoms with van der Waals surface area (Å²) >= 11 is 0. The van der Waals surface area contributed by atoms with E-state index in [1.807, 2.05) is 13.8 Å². The molecule has 37 heavy (non-hydrogen) atoms. The van der Waals surface area contributed by atoms with E-state index in [0.717, 1.165) is 18.9 Å². The van der Waals surface area contributed by atoms with Crippen molar-refractivity contribution in [3.63, 3.8) is 0 Å². The normalized spacial score (nSPS) is 17.2. The molecule has 0 radical (unpaired) electrons. The number of benzene rings is 2. The molecule has 1 aliphatic heterocycles. The molecule has 3 aromatic rings. The molecule has 0 amide bonds. The second kappa shape index (κ2) is 9.92. The van der Waals surface area contributed by atoms with Gasteiger partial charge in [-0.3, -0.25) is 0 Å². The minimum atomic E-state index is -5.04. The zero-order chi connectivity index (χ0) is 27.1. The van der Waals surface area contributed by atoms with E-state index in [0.29, 0.717) is 34.8 Å². The van der Waals surface area contributed by atoms with Crippen LogP contribution in [0.15, 0.2) is 24.3 Å². The van der Waals surface area contributed by atoms with Gasteiger partial charge in [-0.15, -0.1) is 0 Å². The molecule has 2 aromatic carbocycles. The third kappa shape index (κ3) is 5.56. The van der Waals surface area contributed by atoms with Gasteiger partial charge < -0.3 is 19.5 Å². The molecule has 2 heterocycles. The number of anilines is 1. The highest BCUT2D eigenvalue weighted by atomic mass is 19.4. The number of methoxy groups -OCH3 is 1. The quantitative estimate of drug-likeness (QED) is 0.344. The predicted molar refractivity (Wildman–Crippen MR) is 128 cm³/mol. The molecule has 1 fully saturated rings. The second-order valence-corrected chi connectivity index (χ2v) is 9.57. The number of hydrogen-bond donors (Lipinski definition) is 1. The van der Waals surface area contributed by atoms with Gasteiger partial charge in [0.1, 0.15) is 28.9 Å². The SMILES string of the molecule is COc1cc2nc(C)nc(N[C@H](C)c3cc(F)cc(C(F)(F)F)c3F)c2cc1OC(C)(C)C1CCCO1. The molecule has 11 heteroatoms. The van der Waals surface area contributed by atoms with Gasteiger partial charge in [-0.2, -0.15) is 13.2 Å². The van der Waals surface area contributed by atoms with Crippen LogP contribution in [-0.4, -0.2) is 35.4 Å². The van der Waals surface area contributed by atoms with Gasteiger partial charge >= 0.3 is 6.18 Å². The summed E-state index contributed by atoms with van der Waals surface area (Å²) in [6.45, 7) is 7.52. The molecule has 0 aliphatic carbocycles. The van der Waals surface area contributed by atoms with E-state index >= 15 is 0 Å². The summed E-state index contributed by atoms with van der Waals surface area (Å²) in [7, 11) is 1.49. The summed E-state index contributed by atoms with van der Waals surface area (Å²) < 4.78 is 86.2. The number of alkyl halides is 3. The Labute approximate surface area is 211 Å². The molecule has 1 aromatic heterocycles. The number of fused-ring (bicyclic) bond motifs is 1. The second-order valence-electron chi connectivity index (χ2n) is 9.57.